The van der Waals surface area contributed by atoms with Crippen LogP contribution < -0.4 is 0 Å². The van der Waals surface area contributed by atoms with Gasteiger partial charge in [0.2, 0.25) is 0 Å². The highest BCUT2D eigenvalue weighted by Crippen LogP contribution is 2.57. The zero-order valence-corrected chi connectivity index (χ0v) is 12.0. The molecule has 0 aromatic rings. The first kappa shape index (κ1) is 12.5. The van der Waals surface area contributed by atoms with Gasteiger partial charge in [-0.25, -0.2) is 0 Å². The molecular formula is C16H30. The molecular weight excluding hydrogens is 192 g/mol. The van der Waals surface area contributed by atoms with Crippen molar-refractivity contribution in [2.75, 3.05) is 0 Å². The minimum absolute atomic E-state index is 0.620. The summed E-state index contributed by atoms with van der Waals surface area (Å²) in [5.74, 6) is 2.81. The molecule has 0 aromatic heterocycles. The zero-order chi connectivity index (χ0) is 12.0. The maximum absolute atomic E-state index is 2.58. The average molecular weight is 222 g/mol. The lowest BCUT2D eigenvalue weighted by Gasteiger charge is -2.43. The molecule has 94 valence electrons. The number of fused-ring (bicyclic) bond motifs is 2. The fourth-order valence-corrected chi connectivity index (χ4v) is 4.78. The van der Waals surface area contributed by atoms with Crippen molar-refractivity contribution in [2.45, 2.75) is 73.1 Å². The molecule has 0 radical (unpaired) electrons. The maximum atomic E-state index is 2.58. The van der Waals surface area contributed by atoms with Gasteiger partial charge in [0.1, 0.15) is 0 Å². The Hall–Kier alpha value is 0. The third-order valence-electron chi connectivity index (χ3n) is 6.14. The Labute approximate surface area is 102 Å². The summed E-state index contributed by atoms with van der Waals surface area (Å²) in [5.41, 5.74) is 1.24. The molecule has 4 atom stereocenters. The molecule has 2 bridgehead atoms. The van der Waals surface area contributed by atoms with E-state index in [0.717, 1.165) is 17.8 Å². The molecule has 0 spiro atoms. The van der Waals surface area contributed by atoms with E-state index in [9.17, 15) is 0 Å². The lowest BCUT2D eigenvalue weighted by Crippen LogP contribution is -2.35. The van der Waals surface area contributed by atoms with Crippen LogP contribution >= 0.6 is 0 Å². The molecule has 0 heteroatoms. The minimum atomic E-state index is 0.620. The summed E-state index contributed by atoms with van der Waals surface area (Å²) < 4.78 is 0. The van der Waals surface area contributed by atoms with E-state index < -0.39 is 0 Å². The molecule has 0 heterocycles. The van der Waals surface area contributed by atoms with Gasteiger partial charge in [-0.2, -0.15) is 0 Å². The average Bonchev–Trinajstić information content (AvgIpc) is 2.33. The molecule has 2 saturated carbocycles. The van der Waals surface area contributed by atoms with E-state index in [1.165, 1.54) is 38.5 Å². The van der Waals surface area contributed by atoms with Gasteiger partial charge in [-0.15, -0.1) is 0 Å². The highest BCUT2D eigenvalue weighted by Gasteiger charge is 2.48. The summed E-state index contributed by atoms with van der Waals surface area (Å²) in [6.07, 6.45) is 8.80. The van der Waals surface area contributed by atoms with Crippen LogP contribution in [0.3, 0.4) is 0 Å². The Morgan fingerprint density at radius 1 is 0.750 bits per heavy atom. The van der Waals surface area contributed by atoms with Crippen LogP contribution in [0.4, 0.5) is 0 Å². The van der Waals surface area contributed by atoms with Gasteiger partial charge in [-0.05, 0) is 54.3 Å². The van der Waals surface area contributed by atoms with Crippen molar-refractivity contribution < 1.29 is 0 Å². The predicted molar refractivity (Wildman–Crippen MR) is 71.4 cm³/mol. The molecule has 0 N–H and O–H groups in total. The van der Waals surface area contributed by atoms with Gasteiger partial charge in [0.05, 0.1) is 0 Å². The summed E-state index contributed by atoms with van der Waals surface area (Å²) in [6.45, 7) is 12.7. The standard InChI is InChI=1S/C16H30/c1-12-6-8-16(5)11-13(2)7-9-15(4,10-12)14(16)3/h12-14H,6-11H2,1-5H3. The van der Waals surface area contributed by atoms with Gasteiger partial charge >= 0.3 is 0 Å². The van der Waals surface area contributed by atoms with Gasteiger partial charge in [0.15, 0.2) is 0 Å². The fraction of sp³-hybridized carbons (Fsp3) is 1.00. The Bertz CT molecular complexity index is 231. The SMILES string of the molecule is CC1CCC2(C)CC(C)CCC(C)(C1)C2C. The van der Waals surface area contributed by atoms with Crippen molar-refractivity contribution >= 4 is 0 Å². The molecule has 2 aliphatic carbocycles. The van der Waals surface area contributed by atoms with Crippen molar-refractivity contribution in [3.05, 3.63) is 0 Å². The lowest BCUT2D eigenvalue weighted by molar-refractivity contribution is 0.0630. The third kappa shape index (κ3) is 2.05. The van der Waals surface area contributed by atoms with Crippen LogP contribution in [-0.2, 0) is 0 Å². The van der Waals surface area contributed by atoms with E-state index >= 15 is 0 Å². The Kier molecular flexibility index (Phi) is 3.14. The summed E-state index contributed by atoms with van der Waals surface area (Å²) in [5, 5.41) is 0. The molecule has 0 aromatic carbocycles. The third-order valence-corrected chi connectivity index (χ3v) is 6.14. The van der Waals surface area contributed by atoms with Crippen molar-refractivity contribution in [2.24, 2.45) is 28.6 Å². The van der Waals surface area contributed by atoms with Crippen LogP contribution in [0.5, 0.6) is 0 Å². The monoisotopic (exact) mass is 222 g/mol. The number of rotatable bonds is 0. The van der Waals surface area contributed by atoms with E-state index in [-0.39, 0.29) is 0 Å². The van der Waals surface area contributed by atoms with E-state index in [0.29, 0.717) is 10.8 Å². The number of hydrogen-bond acceptors (Lipinski definition) is 0. The van der Waals surface area contributed by atoms with Gasteiger partial charge < -0.3 is 0 Å². The second kappa shape index (κ2) is 4.03. The van der Waals surface area contributed by atoms with Crippen LogP contribution in [-0.4, -0.2) is 0 Å². The first-order valence-corrected chi connectivity index (χ1v) is 7.36. The summed E-state index contributed by atoms with van der Waals surface area (Å²) in [7, 11) is 0. The maximum Gasteiger partial charge on any atom is -0.0292 e. The van der Waals surface area contributed by atoms with Gasteiger partial charge in [0.25, 0.3) is 0 Å². The van der Waals surface area contributed by atoms with Crippen LogP contribution in [0.25, 0.3) is 0 Å². The molecule has 0 aliphatic heterocycles. The first-order chi connectivity index (χ1) is 7.36. The van der Waals surface area contributed by atoms with Crippen molar-refractivity contribution in [3.63, 3.8) is 0 Å². The normalized spacial score (nSPS) is 54.2. The van der Waals surface area contributed by atoms with Crippen LogP contribution in [0.15, 0.2) is 0 Å². The smallest absolute Gasteiger partial charge is 0.0292 e. The van der Waals surface area contributed by atoms with Crippen LogP contribution in [0.1, 0.15) is 73.1 Å². The molecule has 2 rings (SSSR count). The van der Waals surface area contributed by atoms with Gasteiger partial charge in [-0.1, -0.05) is 47.5 Å². The van der Waals surface area contributed by atoms with Gasteiger partial charge in [-0.3, -0.25) is 0 Å². The van der Waals surface area contributed by atoms with Crippen molar-refractivity contribution in [1.29, 1.82) is 0 Å². The minimum Gasteiger partial charge on any atom is -0.0625 e. The van der Waals surface area contributed by atoms with Crippen LogP contribution in [0.2, 0.25) is 0 Å². The van der Waals surface area contributed by atoms with Gasteiger partial charge in [0, 0.05) is 0 Å². The molecule has 0 amide bonds. The zero-order valence-electron chi connectivity index (χ0n) is 12.0. The van der Waals surface area contributed by atoms with E-state index in [1.807, 2.05) is 0 Å². The summed E-state index contributed by atoms with van der Waals surface area (Å²) in [4.78, 5) is 0. The van der Waals surface area contributed by atoms with Crippen LogP contribution in [0, 0.1) is 28.6 Å². The summed E-state index contributed by atoms with van der Waals surface area (Å²) in [6, 6.07) is 0. The number of hydrogen-bond donors (Lipinski definition) is 0. The largest absolute Gasteiger partial charge is 0.0625 e. The topological polar surface area (TPSA) is 0 Å². The highest BCUT2D eigenvalue weighted by atomic mass is 14.5. The molecule has 0 saturated heterocycles. The molecule has 0 nitrogen and oxygen atoms in total. The molecule has 4 unspecified atom stereocenters. The second-order valence-electron chi connectivity index (χ2n) is 7.73. The van der Waals surface area contributed by atoms with Crippen molar-refractivity contribution in [1.82, 2.24) is 0 Å². The molecule has 2 fully saturated rings. The molecule has 16 heavy (non-hydrogen) atoms. The predicted octanol–water partition coefficient (Wildman–Crippen LogP) is 5.28. The van der Waals surface area contributed by atoms with E-state index in [4.69, 9.17) is 0 Å². The first-order valence-electron chi connectivity index (χ1n) is 7.36. The van der Waals surface area contributed by atoms with E-state index in [1.54, 1.807) is 0 Å². The Morgan fingerprint density at radius 2 is 1.12 bits per heavy atom. The lowest BCUT2D eigenvalue weighted by atomic mass is 9.62. The molecule has 2 aliphatic rings. The van der Waals surface area contributed by atoms with Crippen molar-refractivity contribution in [3.8, 4) is 0 Å². The summed E-state index contributed by atoms with van der Waals surface area (Å²) >= 11 is 0. The van der Waals surface area contributed by atoms with E-state index in [2.05, 4.69) is 34.6 Å². The highest BCUT2D eigenvalue weighted by molar-refractivity contribution is 4.98. The second-order valence-corrected chi connectivity index (χ2v) is 7.73. The Balaban J connectivity index is 2.34. The quantitative estimate of drug-likeness (QED) is 0.523. The fourth-order valence-electron chi connectivity index (χ4n) is 4.78. The Morgan fingerprint density at radius 3 is 1.50 bits per heavy atom.